The van der Waals surface area contributed by atoms with Crippen LogP contribution in [-0.2, 0) is 16.4 Å². The predicted molar refractivity (Wildman–Crippen MR) is 69.2 cm³/mol. The summed E-state index contributed by atoms with van der Waals surface area (Å²) in [7, 11) is -1.65. The second-order valence-corrected chi connectivity index (χ2v) is 6.09. The van der Waals surface area contributed by atoms with E-state index in [1.165, 1.54) is 0 Å². The zero-order valence-electron chi connectivity index (χ0n) is 10.5. The quantitative estimate of drug-likeness (QED) is 0.829. The van der Waals surface area contributed by atoms with Gasteiger partial charge in [0.2, 0.25) is 10.0 Å². The number of primary sulfonamides is 1. The fraction of sp³-hybridized carbons (Fsp3) is 0.500. The molecule has 1 aromatic carbocycles. The van der Waals surface area contributed by atoms with Gasteiger partial charge in [0.25, 0.3) is 0 Å². The Morgan fingerprint density at radius 1 is 1.24 bits per heavy atom. The molecule has 1 aromatic rings. The summed E-state index contributed by atoms with van der Waals surface area (Å²) in [5.41, 5.74) is 1.10. The van der Waals surface area contributed by atoms with Crippen molar-refractivity contribution in [1.29, 1.82) is 0 Å². The van der Waals surface area contributed by atoms with Crippen LogP contribution < -0.4 is 10.5 Å². The van der Waals surface area contributed by atoms with Crippen LogP contribution in [0, 0.1) is 5.92 Å². The fourth-order valence-corrected chi connectivity index (χ4v) is 2.26. The van der Waals surface area contributed by atoms with E-state index >= 15 is 0 Å². The van der Waals surface area contributed by atoms with E-state index in [0.717, 1.165) is 12.0 Å². The standard InChI is InChI=1S/C12H20N2O2S/c1-9(2)12(14-3)8-10-4-6-11(7-5-10)17(13,15)16/h4-7,9,12,14H,8H2,1-3H3,(H2,13,15,16). The molecule has 5 heteroatoms. The minimum Gasteiger partial charge on any atom is -0.316 e. The van der Waals surface area contributed by atoms with Gasteiger partial charge in [-0.3, -0.25) is 0 Å². The fourth-order valence-electron chi connectivity index (χ4n) is 1.74. The molecule has 96 valence electrons. The molecule has 17 heavy (non-hydrogen) atoms. The summed E-state index contributed by atoms with van der Waals surface area (Å²) < 4.78 is 22.2. The van der Waals surface area contributed by atoms with Gasteiger partial charge in [0.15, 0.2) is 0 Å². The van der Waals surface area contributed by atoms with Gasteiger partial charge >= 0.3 is 0 Å². The van der Waals surface area contributed by atoms with Gasteiger partial charge in [-0.2, -0.15) is 0 Å². The highest BCUT2D eigenvalue weighted by atomic mass is 32.2. The van der Waals surface area contributed by atoms with E-state index in [1.807, 2.05) is 19.2 Å². The van der Waals surface area contributed by atoms with Crippen LogP contribution in [0.15, 0.2) is 29.2 Å². The lowest BCUT2D eigenvalue weighted by Crippen LogP contribution is -2.32. The van der Waals surface area contributed by atoms with Crippen molar-refractivity contribution in [2.45, 2.75) is 31.2 Å². The van der Waals surface area contributed by atoms with E-state index in [0.29, 0.717) is 12.0 Å². The Kier molecular flexibility index (Phi) is 4.68. The van der Waals surface area contributed by atoms with E-state index in [-0.39, 0.29) is 4.90 Å². The van der Waals surface area contributed by atoms with Gasteiger partial charge in [-0.15, -0.1) is 0 Å². The van der Waals surface area contributed by atoms with Crippen LogP contribution in [0.25, 0.3) is 0 Å². The average Bonchev–Trinajstić information content (AvgIpc) is 2.25. The third-order valence-corrected chi connectivity index (χ3v) is 3.81. The normalized spacial score (nSPS) is 13.9. The Morgan fingerprint density at radius 2 is 1.76 bits per heavy atom. The Labute approximate surface area is 103 Å². The van der Waals surface area contributed by atoms with Crippen molar-refractivity contribution >= 4 is 10.0 Å². The molecule has 0 fully saturated rings. The number of hydrogen-bond donors (Lipinski definition) is 2. The summed E-state index contributed by atoms with van der Waals surface area (Å²) in [5.74, 6) is 0.526. The lowest BCUT2D eigenvalue weighted by molar-refractivity contribution is 0.424. The Balaban J connectivity index is 2.82. The molecule has 0 radical (unpaired) electrons. The van der Waals surface area contributed by atoms with Gasteiger partial charge in [0.1, 0.15) is 0 Å². The Hall–Kier alpha value is -0.910. The van der Waals surface area contributed by atoms with Gasteiger partial charge in [-0.1, -0.05) is 26.0 Å². The minimum atomic E-state index is -3.59. The summed E-state index contributed by atoms with van der Waals surface area (Å²) in [4.78, 5) is 0.159. The molecular weight excluding hydrogens is 236 g/mol. The topological polar surface area (TPSA) is 72.2 Å². The molecule has 0 saturated heterocycles. The zero-order chi connectivity index (χ0) is 13.1. The summed E-state index contributed by atoms with van der Waals surface area (Å²) in [5, 5.41) is 8.29. The van der Waals surface area contributed by atoms with Gasteiger partial charge in [0.05, 0.1) is 4.90 Å². The van der Waals surface area contributed by atoms with Crippen LogP contribution in [0.5, 0.6) is 0 Å². The molecule has 0 saturated carbocycles. The zero-order valence-corrected chi connectivity index (χ0v) is 11.3. The summed E-state index contributed by atoms with van der Waals surface area (Å²) in [6, 6.07) is 7.12. The molecule has 1 rings (SSSR count). The van der Waals surface area contributed by atoms with Crippen LogP contribution in [0.4, 0.5) is 0 Å². The molecule has 0 aliphatic heterocycles. The second-order valence-electron chi connectivity index (χ2n) is 4.53. The maximum absolute atomic E-state index is 11.1. The van der Waals surface area contributed by atoms with Gasteiger partial charge < -0.3 is 5.32 Å². The number of nitrogens with two attached hydrogens (primary N) is 1. The molecule has 3 N–H and O–H groups in total. The molecule has 0 aromatic heterocycles. The maximum Gasteiger partial charge on any atom is 0.238 e. The van der Waals surface area contributed by atoms with E-state index in [4.69, 9.17) is 5.14 Å². The summed E-state index contributed by atoms with van der Waals surface area (Å²) in [6.45, 7) is 4.31. The number of sulfonamides is 1. The van der Waals surface area contributed by atoms with Crippen LogP contribution in [0.2, 0.25) is 0 Å². The smallest absolute Gasteiger partial charge is 0.238 e. The van der Waals surface area contributed by atoms with Crippen molar-refractivity contribution in [2.24, 2.45) is 11.1 Å². The van der Waals surface area contributed by atoms with Crippen LogP contribution in [0.3, 0.4) is 0 Å². The number of likely N-dealkylation sites (N-methyl/N-ethyl adjacent to an activating group) is 1. The van der Waals surface area contributed by atoms with Crippen LogP contribution >= 0.6 is 0 Å². The first kappa shape index (κ1) is 14.2. The van der Waals surface area contributed by atoms with Crippen LogP contribution in [-0.4, -0.2) is 21.5 Å². The van der Waals surface area contributed by atoms with Gasteiger partial charge in [0, 0.05) is 6.04 Å². The Morgan fingerprint density at radius 3 is 2.12 bits per heavy atom. The largest absolute Gasteiger partial charge is 0.316 e. The first-order valence-electron chi connectivity index (χ1n) is 5.63. The van der Waals surface area contributed by atoms with E-state index < -0.39 is 10.0 Å². The third kappa shape index (κ3) is 4.11. The second kappa shape index (κ2) is 5.62. The molecule has 4 nitrogen and oxygen atoms in total. The first-order valence-corrected chi connectivity index (χ1v) is 7.18. The lowest BCUT2D eigenvalue weighted by Gasteiger charge is -2.20. The molecule has 0 bridgehead atoms. The molecule has 1 atom stereocenters. The lowest BCUT2D eigenvalue weighted by atomic mass is 9.97. The monoisotopic (exact) mass is 256 g/mol. The number of nitrogens with one attached hydrogen (secondary N) is 1. The van der Waals surface area contributed by atoms with Crippen molar-refractivity contribution in [2.75, 3.05) is 7.05 Å². The molecule has 0 aliphatic carbocycles. The van der Waals surface area contributed by atoms with Crippen molar-refractivity contribution in [3.8, 4) is 0 Å². The molecule has 0 amide bonds. The third-order valence-electron chi connectivity index (χ3n) is 2.88. The first-order chi connectivity index (χ1) is 7.84. The summed E-state index contributed by atoms with van der Waals surface area (Å²) in [6.07, 6.45) is 0.874. The number of hydrogen-bond acceptors (Lipinski definition) is 3. The summed E-state index contributed by atoms with van der Waals surface area (Å²) >= 11 is 0. The van der Waals surface area contributed by atoms with Crippen molar-refractivity contribution in [3.63, 3.8) is 0 Å². The van der Waals surface area contributed by atoms with Gasteiger partial charge in [-0.25, -0.2) is 13.6 Å². The van der Waals surface area contributed by atoms with Crippen molar-refractivity contribution < 1.29 is 8.42 Å². The molecule has 1 unspecified atom stereocenters. The Bertz CT molecular complexity index is 452. The average molecular weight is 256 g/mol. The van der Waals surface area contributed by atoms with Gasteiger partial charge in [-0.05, 0) is 37.1 Å². The molecule has 0 aliphatic rings. The van der Waals surface area contributed by atoms with E-state index in [9.17, 15) is 8.42 Å². The highest BCUT2D eigenvalue weighted by molar-refractivity contribution is 7.89. The highest BCUT2D eigenvalue weighted by Crippen LogP contribution is 2.13. The van der Waals surface area contributed by atoms with E-state index in [2.05, 4.69) is 19.2 Å². The maximum atomic E-state index is 11.1. The minimum absolute atomic E-state index is 0.159. The van der Waals surface area contributed by atoms with Crippen molar-refractivity contribution in [1.82, 2.24) is 5.32 Å². The predicted octanol–water partition coefficient (Wildman–Crippen LogP) is 1.12. The number of benzene rings is 1. The van der Waals surface area contributed by atoms with Crippen LogP contribution in [0.1, 0.15) is 19.4 Å². The SMILES string of the molecule is CNC(Cc1ccc(S(N)(=O)=O)cc1)C(C)C. The molecule has 0 heterocycles. The molecular formula is C12H20N2O2S. The van der Waals surface area contributed by atoms with Crippen molar-refractivity contribution in [3.05, 3.63) is 29.8 Å². The van der Waals surface area contributed by atoms with E-state index in [1.54, 1.807) is 12.1 Å². The highest BCUT2D eigenvalue weighted by Gasteiger charge is 2.12. The number of rotatable bonds is 5. The molecule has 0 spiro atoms.